The standard InChI is InChI=1S/C18H15ClFN3O4S/c19-13-8-11(3-4-14(13)20)21-18(24)15-9-16(17-2-1-6-27-17)23(22-15)12-5-7-28(25,26)10-12/h1-4,6,8-9,12H,5,7,10H2,(H,21,24). The molecule has 1 aliphatic heterocycles. The Balaban J connectivity index is 1.67. The van der Waals surface area contributed by atoms with Gasteiger partial charge in [0.25, 0.3) is 5.91 Å². The van der Waals surface area contributed by atoms with Crippen molar-refractivity contribution in [1.82, 2.24) is 9.78 Å². The first kappa shape index (κ1) is 18.7. The number of nitrogens with zero attached hydrogens (tertiary/aromatic N) is 2. The molecule has 1 aliphatic rings. The molecule has 4 rings (SSSR count). The Morgan fingerprint density at radius 3 is 2.79 bits per heavy atom. The number of amides is 1. The van der Waals surface area contributed by atoms with Gasteiger partial charge in [-0.05, 0) is 36.8 Å². The smallest absolute Gasteiger partial charge is 0.276 e. The zero-order valence-corrected chi connectivity index (χ0v) is 16.0. The predicted octanol–water partition coefficient (Wildman–Crippen LogP) is 3.55. The van der Waals surface area contributed by atoms with Crippen molar-refractivity contribution in [2.75, 3.05) is 16.8 Å². The largest absolute Gasteiger partial charge is 0.463 e. The lowest BCUT2D eigenvalue weighted by Crippen LogP contribution is -2.16. The molecule has 0 spiro atoms. The Morgan fingerprint density at radius 1 is 1.32 bits per heavy atom. The molecule has 1 saturated heterocycles. The average molecular weight is 424 g/mol. The summed E-state index contributed by atoms with van der Waals surface area (Å²) in [7, 11) is -3.14. The molecule has 0 radical (unpaired) electrons. The molecule has 1 atom stereocenters. The van der Waals surface area contributed by atoms with Crippen LogP contribution in [0.15, 0.2) is 47.1 Å². The Morgan fingerprint density at radius 2 is 2.14 bits per heavy atom. The second-order valence-corrected chi connectivity index (χ2v) is 9.11. The van der Waals surface area contributed by atoms with Crippen LogP contribution in [0.4, 0.5) is 10.1 Å². The number of furan rings is 1. The molecule has 1 N–H and O–H groups in total. The quantitative estimate of drug-likeness (QED) is 0.692. The molecule has 146 valence electrons. The Kier molecular flexibility index (Phi) is 4.72. The molecule has 1 fully saturated rings. The lowest BCUT2D eigenvalue weighted by Gasteiger charge is -2.11. The van der Waals surface area contributed by atoms with Gasteiger partial charge in [0.2, 0.25) is 0 Å². The SMILES string of the molecule is O=C(Nc1ccc(F)c(Cl)c1)c1cc(-c2ccco2)n(C2CCS(=O)(=O)C2)n1. The minimum atomic E-state index is -3.14. The molecular weight excluding hydrogens is 409 g/mol. The van der Waals surface area contributed by atoms with Gasteiger partial charge in [0, 0.05) is 11.8 Å². The number of anilines is 1. The summed E-state index contributed by atoms with van der Waals surface area (Å²) in [4.78, 5) is 12.6. The molecule has 1 unspecified atom stereocenters. The van der Waals surface area contributed by atoms with Crippen molar-refractivity contribution < 1.29 is 22.0 Å². The summed E-state index contributed by atoms with van der Waals surface area (Å²) in [5.74, 6) is -0.621. The van der Waals surface area contributed by atoms with E-state index in [2.05, 4.69) is 10.4 Å². The number of rotatable bonds is 4. The van der Waals surface area contributed by atoms with Crippen molar-refractivity contribution in [1.29, 1.82) is 0 Å². The molecular formula is C18H15ClFN3O4S. The summed E-state index contributed by atoms with van der Waals surface area (Å²) in [5, 5.41) is 6.81. The van der Waals surface area contributed by atoms with Crippen LogP contribution >= 0.6 is 11.6 Å². The molecule has 28 heavy (non-hydrogen) atoms. The highest BCUT2D eigenvalue weighted by Gasteiger charge is 2.32. The van der Waals surface area contributed by atoms with E-state index in [1.165, 1.54) is 29.1 Å². The maximum absolute atomic E-state index is 13.3. The minimum Gasteiger partial charge on any atom is -0.463 e. The van der Waals surface area contributed by atoms with Crippen LogP contribution in [-0.4, -0.2) is 35.6 Å². The fourth-order valence-corrected chi connectivity index (χ4v) is 5.00. The number of nitrogens with one attached hydrogen (secondary N) is 1. The number of hydrogen-bond donors (Lipinski definition) is 1. The van der Waals surface area contributed by atoms with E-state index in [1.54, 1.807) is 12.1 Å². The van der Waals surface area contributed by atoms with Gasteiger partial charge in [-0.15, -0.1) is 0 Å². The van der Waals surface area contributed by atoms with Crippen molar-refractivity contribution in [2.24, 2.45) is 0 Å². The number of carbonyl (C=O) groups is 1. The maximum Gasteiger partial charge on any atom is 0.276 e. The van der Waals surface area contributed by atoms with Crippen LogP contribution < -0.4 is 5.32 Å². The van der Waals surface area contributed by atoms with Crippen molar-refractivity contribution in [2.45, 2.75) is 12.5 Å². The van der Waals surface area contributed by atoms with E-state index in [1.807, 2.05) is 0 Å². The highest BCUT2D eigenvalue weighted by atomic mass is 35.5. The normalized spacial score (nSPS) is 18.3. The first-order chi connectivity index (χ1) is 13.3. The Labute approximate surface area is 165 Å². The van der Waals surface area contributed by atoms with Crippen LogP contribution in [0, 0.1) is 5.82 Å². The fourth-order valence-electron chi connectivity index (χ4n) is 3.13. The summed E-state index contributed by atoms with van der Waals surface area (Å²) in [6.07, 6.45) is 1.89. The van der Waals surface area contributed by atoms with Gasteiger partial charge < -0.3 is 9.73 Å². The molecule has 1 aromatic carbocycles. The number of carbonyl (C=O) groups excluding carboxylic acids is 1. The number of sulfone groups is 1. The average Bonchev–Trinajstić information content (AvgIpc) is 3.36. The van der Waals surface area contributed by atoms with Crippen molar-refractivity contribution in [3.8, 4) is 11.5 Å². The van der Waals surface area contributed by atoms with E-state index < -0.39 is 21.6 Å². The van der Waals surface area contributed by atoms with Crippen molar-refractivity contribution in [3.63, 3.8) is 0 Å². The third-order valence-electron chi connectivity index (χ3n) is 4.47. The number of benzene rings is 1. The van der Waals surface area contributed by atoms with Crippen molar-refractivity contribution in [3.05, 3.63) is 59.2 Å². The summed E-state index contributed by atoms with van der Waals surface area (Å²) in [6, 6.07) is 8.37. The molecule has 0 bridgehead atoms. The zero-order valence-electron chi connectivity index (χ0n) is 14.4. The fraction of sp³-hybridized carbons (Fsp3) is 0.222. The first-order valence-corrected chi connectivity index (χ1v) is 10.6. The lowest BCUT2D eigenvalue weighted by atomic mass is 10.2. The summed E-state index contributed by atoms with van der Waals surface area (Å²) in [6.45, 7) is 0. The Hall–Kier alpha value is -2.65. The topological polar surface area (TPSA) is 94.2 Å². The van der Waals surface area contributed by atoms with Gasteiger partial charge in [0.15, 0.2) is 21.3 Å². The van der Waals surface area contributed by atoms with Crippen LogP contribution in [-0.2, 0) is 9.84 Å². The third-order valence-corrected chi connectivity index (χ3v) is 6.51. The van der Waals surface area contributed by atoms with Crippen LogP contribution in [0.25, 0.3) is 11.5 Å². The van der Waals surface area contributed by atoms with E-state index in [0.717, 1.165) is 6.07 Å². The molecule has 1 amide bonds. The first-order valence-electron chi connectivity index (χ1n) is 8.43. The van der Waals surface area contributed by atoms with Gasteiger partial charge >= 0.3 is 0 Å². The Bertz CT molecular complexity index is 1140. The van der Waals surface area contributed by atoms with E-state index >= 15 is 0 Å². The summed E-state index contributed by atoms with van der Waals surface area (Å²) >= 11 is 5.74. The lowest BCUT2D eigenvalue weighted by molar-refractivity contribution is 0.102. The molecule has 2 aromatic heterocycles. The van der Waals surface area contributed by atoms with Crippen LogP contribution in [0.2, 0.25) is 5.02 Å². The van der Waals surface area contributed by atoms with Gasteiger partial charge in [0.05, 0.1) is 28.8 Å². The number of hydrogen-bond acceptors (Lipinski definition) is 5. The minimum absolute atomic E-state index is 0.0446. The van der Waals surface area contributed by atoms with E-state index in [9.17, 15) is 17.6 Å². The molecule has 7 nitrogen and oxygen atoms in total. The highest BCUT2D eigenvalue weighted by molar-refractivity contribution is 7.91. The molecule has 3 aromatic rings. The van der Waals surface area contributed by atoms with Gasteiger partial charge in [0.1, 0.15) is 11.5 Å². The van der Waals surface area contributed by atoms with Crippen molar-refractivity contribution >= 4 is 33.0 Å². The molecule has 10 heteroatoms. The highest BCUT2D eigenvalue weighted by Crippen LogP contribution is 2.30. The van der Waals surface area contributed by atoms with E-state index in [0.29, 0.717) is 23.6 Å². The molecule has 0 aliphatic carbocycles. The van der Waals surface area contributed by atoms with Crippen LogP contribution in [0.3, 0.4) is 0 Å². The van der Waals surface area contributed by atoms with Crippen LogP contribution in [0.1, 0.15) is 23.0 Å². The van der Waals surface area contributed by atoms with Gasteiger partial charge in [-0.25, -0.2) is 12.8 Å². The molecule has 0 saturated carbocycles. The summed E-state index contributed by atoms with van der Waals surface area (Å²) < 4.78 is 44.0. The van der Waals surface area contributed by atoms with Gasteiger partial charge in [-0.1, -0.05) is 11.6 Å². The van der Waals surface area contributed by atoms with Gasteiger partial charge in [-0.2, -0.15) is 5.10 Å². The van der Waals surface area contributed by atoms with E-state index in [4.69, 9.17) is 16.0 Å². The number of halogens is 2. The number of aromatic nitrogens is 2. The zero-order chi connectivity index (χ0) is 19.9. The monoisotopic (exact) mass is 423 g/mol. The predicted molar refractivity (Wildman–Crippen MR) is 102 cm³/mol. The maximum atomic E-state index is 13.3. The molecule has 3 heterocycles. The van der Waals surface area contributed by atoms with E-state index in [-0.39, 0.29) is 28.3 Å². The third kappa shape index (κ3) is 3.67. The second kappa shape index (κ2) is 7.06. The van der Waals surface area contributed by atoms with Gasteiger partial charge in [-0.3, -0.25) is 9.48 Å². The van der Waals surface area contributed by atoms with Crippen LogP contribution in [0.5, 0.6) is 0 Å². The summed E-state index contributed by atoms with van der Waals surface area (Å²) in [5.41, 5.74) is 0.902. The second-order valence-electron chi connectivity index (χ2n) is 6.48.